The van der Waals surface area contributed by atoms with Crippen LogP contribution >= 0.6 is 15.9 Å². The molecule has 0 amide bonds. The van der Waals surface area contributed by atoms with Gasteiger partial charge >= 0.3 is 0 Å². The molecule has 2 nitrogen and oxygen atoms in total. The Hall–Kier alpha value is -0.540. The van der Waals surface area contributed by atoms with E-state index in [1.807, 2.05) is 6.07 Å². The summed E-state index contributed by atoms with van der Waals surface area (Å²) < 4.78 is 6.42. The smallest absolute Gasteiger partial charge is 0.124 e. The molecule has 1 saturated carbocycles. The molecule has 16 heavy (non-hydrogen) atoms. The number of nitrogens with one attached hydrogen (secondary N) is 1. The van der Waals surface area contributed by atoms with Gasteiger partial charge in [-0.05, 0) is 30.9 Å². The summed E-state index contributed by atoms with van der Waals surface area (Å²) >= 11 is 3.45. The van der Waals surface area contributed by atoms with Crippen LogP contribution in [0.25, 0.3) is 0 Å². The van der Waals surface area contributed by atoms with Crippen LogP contribution in [-0.2, 0) is 6.54 Å². The molecule has 1 aliphatic carbocycles. The molecule has 0 radical (unpaired) electrons. The van der Waals surface area contributed by atoms with Crippen molar-refractivity contribution < 1.29 is 4.74 Å². The van der Waals surface area contributed by atoms with Crippen molar-refractivity contribution >= 4 is 15.9 Å². The predicted molar refractivity (Wildman–Crippen MR) is 69.7 cm³/mol. The molecule has 1 fully saturated rings. The Kier molecular flexibility index (Phi) is 3.87. The zero-order chi connectivity index (χ0) is 11.5. The number of methoxy groups -OCH3 is 1. The first-order valence-electron chi connectivity index (χ1n) is 5.75. The van der Waals surface area contributed by atoms with Gasteiger partial charge in [-0.3, -0.25) is 0 Å². The van der Waals surface area contributed by atoms with Crippen molar-refractivity contribution in [1.82, 2.24) is 5.32 Å². The van der Waals surface area contributed by atoms with Crippen molar-refractivity contribution in [2.75, 3.05) is 7.11 Å². The van der Waals surface area contributed by atoms with Crippen LogP contribution in [0.4, 0.5) is 0 Å². The molecular formula is C13H18BrNO. The fraction of sp³-hybridized carbons (Fsp3) is 0.538. The Morgan fingerprint density at radius 3 is 2.81 bits per heavy atom. The maximum atomic E-state index is 5.36. The lowest BCUT2D eigenvalue weighted by molar-refractivity contribution is 0.239. The fourth-order valence-corrected chi connectivity index (χ4v) is 2.53. The van der Waals surface area contributed by atoms with Gasteiger partial charge in [-0.15, -0.1) is 0 Å². The summed E-state index contributed by atoms with van der Waals surface area (Å²) in [7, 11) is 1.72. The number of rotatable bonds is 4. The average Bonchev–Trinajstić information content (AvgIpc) is 2.24. The van der Waals surface area contributed by atoms with E-state index < -0.39 is 0 Å². The minimum atomic E-state index is 0.698. The van der Waals surface area contributed by atoms with E-state index in [2.05, 4.69) is 40.3 Å². The zero-order valence-corrected chi connectivity index (χ0v) is 11.4. The lowest BCUT2D eigenvalue weighted by Gasteiger charge is -2.33. The predicted octanol–water partition coefficient (Wildman–Crippen LogP) is 3.35. The van der Waals surface area contributed by atoms with Gasteiger partial charge in [0.2, 0.25) is 0 Å². The Morgan fingerprint density at radius 1 is 1.44 bits per heavy atom. The lowest BCUT2D eigenvalue weighted by atomic mass is 9.82. The summed E-state index contributed by atoms with van der Waals surface area (Å²) in [6, 6.07) is 6.88. The summed E-state index contributed by atoms with van der Waals surface area (Å²) in [6.45, 7) is 3.20. The van der Waals surface area contributed by atoms with Crippen LogP contribution in [0.15, 0.2) is 22.7 Å². The van der Waals surface area contributed by atoms with Gasteiger partial charge in [-0.25, -0.2) is 0 Å². The van der Waals surface area contributed by atoms with Crippen molar-refractivity contribution in [2.45, 2.75) is 32.4 Å². The largest absolute Gasteiger partial charge is 0.496 e. The van der Waals surface area contributed by atoms with Gasteiger partial charge < -0.3 is 10.1 Å². The number of hydrogen-bond acceptors (Lipinski definition) is 2. The molecule has 0 unspecified atom stereocenters. The third-order valence-electron chi connectivity index (χ3n) is 3.20. The topological polar surface area (TPSA) is 21.3 Å². The normalized spacial score (nSPS) is 23.9. The third-order valence-corrected chi connectivity index (χ3v) is 3.70. The Labute approximate surface area is 106 Å². The van der Waals surface area contributed by atoms with E-state index in [1.54, 1.807) is 7.11 Å². The van der Waals surface area contributed by atoms with Crippen LogP contribution in [0.1, 0.15) is 25.3 Å². The molecule has 1 aromatic rings. The molecule has 0 aromatic heterocycles. The molecule has 0 aliphatic heterocycles. The molecule has 0 bridgehead atoms. The molecule has 1 N–H and O–H groups in total. The van der Waals surface area contributed by atoms with E-state index >= 15 is 0 Å². The van der Waals surface area contributed by atoms with Gasteiger partial charge in [-0.1, -0.05) is 28.9 Å². The molecular weight excluding hydrogens is 266 g/mol. The highest BCUT2D eigenvalue weighted by molar-refractivity contribution is 9.10. The van der Waals surface area contributed by atoms with Gasteiger partial charge in [-0.2, -0.15) is 0 Å². The molecule has 88 valence electrons. The Balaban J connectivity index is 1.93. The van der Waals surface area contributed by atoms with Crippen LogP contribution in [0.3, 0.4) is 0 Å². The van der Waals surface area contributed by atoms with Crippen molar-refractivity contribution in [3.05, 3.63) is 28.2 Å². The molecule has 1 aliphatic rings. The van der Waals surface area contributed by atoms with Crippen molar-refractivity contribution in [3.8, 4) is 5.75 Å². The molecule has 0 heterocycles. The van der Waals surface area contributed by atoms with Crippen LogP contribution in [-0.4, -0.2) is 13.2 Å². The second kappa shape index (κ2) is 5.19. The highest BCUT2D eigenvalue weighted by Crippen LogP contribution is 2.28. The second-order valence-electron chi connectivity index (χ2n) is 4.61. The summed E-state index contributed by atoms with van der Waals surface area (Å²) in [5.41, 5.74) is 1.23. The first-order valence-corrected chi connectivity index (χ1v) is 6.54. The first-order chi connectivity index (χ1) is 7.69. The van der Waals surface area contributed by atoms with Gasteiger partial charge in [0.1, 0.15) is 5.75 Å². The molecule has 1 aromatic carbocycles. The number of halogens is 1. The monoisotopic (exact) mass is 283 g/mol. The van der Waals surface area contributed by atoms with E-state index in [0.29, 0.717) is 6.04 Å². The van der Waals surface area contributed by atoms with E-state index in [0.717, 1.165) is 22.7 Å². The summed E-state index contributed by atoms with van der Waals surface area (Å²) in [4.78, 5) is 0. The van der Waals surface area contributed by atoms with Crippen molar-refractivity contribution in [2.24, 2.45) is 5.92 Å². The van der Waals surface area contributed by atoms with Gasteiger partial charge in [0.05, 0.1) is 7.11 Å². The lowest BCUT2D eigenvalue weighted by Crippen LogP contribution is -2.39. The summed E-state index contributed by atoms with van der Waals surface area (Å²) in [6.07, 6.45) is 2.61. The molecule has 0 atom stereocenters. The molecule has 0 saturated heterocycles. The Bertz CT molecular complexity index is 361. The van der Waals surface area contributed by atoms with E-state index in [4.69, 9.17) is 4.74 Å². The quantitative estimate of drug-likeness (QED) is 0.915. The highest BCUT2D eigenvalue weighted by atomic mass is 79.9. The van der Waals surface area contributed by atoms with Gasteiger partial charge in [0.25, 0.3) is 0 Å². The number of hydrogen-bond donors (Lipinski definition) is 1. The second-order valence-corrected chi connectivity index (χ2v) is 5.53. The van der Waals surface area contributed by atoms with E-state index in [9.17, 15) is 0 Å². The Morgan fingerprint density at radius 2 is 2.19 bits per heavy atom. The minimum absolute atomic E-state index is 0.698. The number of benzene rings is 1. The van der Waals surface area contributed by atoms with Crippen molar-refractivity contribution in [3.63, 3.8) is 0 Å². The van der Waals surface area contributed by atoms with Crippen LogP contribution in [0.2, 0.25) is 0 Å². The maximum absolute atomic E-state index is 5.36. The zero-order valence-electron chi connectivity index (χ0n) is 9.79. The minimum Gasteiger partial charge on any atom is -0.496 e. The van der Waals surface area contributed by atoms with E-state index in [-0.39, 0.29) is 0 Å². The average molecular weight is 284 g/mol. The highest BCUT2D eigenvalue weighted by Gasteiger charge is 2.24. The summed E-state index contributed by atoms with van der Waals surface area (Å²) in [5.74, 6) is 1.85. The summed E-state index contributed by atoms with van der Waals surface area (Å²) in [5, 5.41) is 3.56. The molecule has 0 spiro atoms. The third kappa shape index (κ3) is 2.77. The van der Waals surface area contributed by atoms with Gasteiger partial charge in [0.15, 0.2) is 0 Å². The standard InChI is InChI=1S/C13H18BrNO/c1-9-5-12(6-9)15-8-10-3-4-11(14)7-13(10)16-2/h3-4,7,9,12,15H,5-6,8H2,1-2H3. The van der Waals surface area contributed by atoms with E-state index in [1.165, 1.54) is 18.4 Å². The molecule has 3 heteroatoms. The number of ether oxygens (including phenoxy) is 1. The van der Waals surface area contributed by atoms with Crippen LogP contribution in [0.5, 0.6) is 5.75 Å². The maximum Gasteiger partial charge on any atom is 0.124 e. The SMILES string of the molecule is COc1cc(Br)ccc1CNC1CC(C)C1. The van der Waals surface area contributed by atoms with Crippen molar-refractivity contribution in [1.29, 1.82) is 0 Å². The van der Waals surface area contributed by atoms with Gasteiger partial charge in [0, 0.05) is 22.6 Å². The molecule has 2 rings (SSSR count). The first kappa shape index (κ1) is 11.9. The van der Waals surface area contributed by atoms with Crippen LogP contribution in [0, 0.1) is 5.92 Å². The fourth-order valence-electron chi connectivity index (χ4n) is 2.19. The van der Waals surface area contributed by atoms with Crippen LogP contribution < -0.4 is 10.1 Å².